The summed E-state index contributed by atoms with van der Waals surface area (Å²) in [5, 5.41) is 6.38. The van der Waals surface area contributed by atoms with Gasteiger partial charge < -0.3 is 10.6 Å². The van der Waals surface area contributed by atoms with Crippen molar-refractivity contribution in [2.24, 2.45) is 5.92 Å². The molecule has 3 heteroatoms. The number of aryl methyl sites for hydroxylation is 1. The zero-order chi connectivity index (χ0) is 13.0. The van der Waals surface area contributed by atoms with Crippen LogP contribution in [0.2, 0.25) is 0 Å². The van der Waals surface area contributed by atoms with Crippen molar-refractivity contribution in [1.29, 1.82) is 0 Å². The molecule has 2 atom stereocenters. The quantitative estimate of drug-likeness (QED) is 0.858. The van der Waals surface area contributed by atoms with Gasteiger partial charge in [-0.05, 0) is 38.8 Å². The summed E-state index contributed by atoms with van der Waals surface area (Å²) in [5.74, 6) is 0.307. The lowest BCUT2D eigenvalue weighted by Crippen LogP contribution is -2.41. The van der Waals surface area contributed by atoms with Crippen LogP contribution in [0, 0.1) is 12.8 Å². The van der Waals surface area contributed by atoms with Crippen molar-refractivity contribution in [2.75, 3.05) is 13.1 Å². The van der Waals surface area contributed by atoms with Crippen molar-refractivity contribution in [1.82, 2.24) is 10.6 Å². The predicted molar refractivity (Wildman–Crippen MR) is 73.3 cm³/mol. The average molecular weight is 246 g/mol. The van der Waals surface area contributed by atoms with Crippen molar-refractivity contribution in [2.45, 2.75) is 32.7 Å². The Bertz CT molecular complexity index is 393. The van der Waals surface area contributed by atoms with Crippen LogP contribution in [-0.4, -0.2) is 19.0 Å². The average Bonchev–Trinajstić information content (AvgIpc) is 2.40. The molecule has 0 unspecified atom stereocenters. The highest BCUT2D eigenvalue weighted by Crippen LogP contribution is 2.16. The van der Waals surface area contributed by atoms with Gasteiger partial charge in [-0.3, -0.25) is 4.79 Å². The minimum absolute atomic E-state index is 0.0834. The zero-order valence-electron chi connectivity index (χ0n) is 11.2. The number of nitrogens with one attached hydrogen (secondary N) is 2. The Labute approximate surface area is 109 Å². The lowest BCUT2D eigenvalue weighted by molar-refractivity contribution is -0.126. The van der Waals surface area contributed by atoms with E-state index in [2.05, 4.69) is 41.8 Å². The molecule has 0 aliphatic carbocycles. The topological polar surface area (TPSA) is 41.1 Å². The summed E-state index contributed by atoms with van der Waals surface area (Å²) in [4.78, 5) is 12.1. The van der Waals surface area contributed by atoms with Gasteiger partial charge in [0.05, 0.1) is 12.0 Å². The minimum Gasteiger partial charge on any atom is -0.349 e. The molecule has 2 rings (SSSR count). The van der Waals surface area contributed by atoms with E-state index in [9.17, 15) is 4.79 Å². The second kappa shape index (κ2) is 6.01. The van der Waals surface area contributed by atoms with Crippen LogP contribution < -0.4 is 10.6 Å². The first kappa shape index (κ1) is 13.1. The van der Waals surface area contributed by atoms with Gasteiger partial charge in [-0.2, -0.15) is 0 Å². The van der Waals surface area contributed by atoms with Gasteiger partial charge in [-0.1, -0.05) is 29.8 Å². The third-order valence-electron chi connectivity index (χ3n) is 3.60. The molecule has 0 spiro atoms. The van der Waals surface area contributed by atoms with Crippen LogP contribution in [0.5, 0.6) is 0 Å². The first-order valence-corrected chi connectivity index (χ1v) is 6.74. The normalized spacial score (nSPS) is 21.3. The fraction of sp³-hybridized carbons (Fsp3) is 0.533. The number of piperidine rings is 1. The van der Waals surface area contributed by atoms with E-state index < -0.39 is 0 Å². The number of hydrogen-bond acceptors (Lipinski definition) is 2. The molecule has 1 amide bonds. The second-order valence-electron chi connectivity index (χ2n) is 5.18. The van der Waals surface area contributed by atoms with Gasteiger partial charge in [0.1, 0.15) is 0 Å². The van der Waals surface area contributed by atoms with E-state index in [0.717, 1.165) is 31.5 Å². The van der Waals surface area contributed by atoms with Gasteiger partial charge in [0.15, 0.2) is 0 Å². The molecule has 1 fully saturated rings. The molecule has 0 bridgehead atoms. The molecule has 0 radical (unpaired) electrons. The monoisotopic (exact) mass is 246 g/mol. The third kappa shape index (κ3) is 3.33. The molecule has 98 valence electrons. The van der Waals surface area contributed by atoms with Crippen LogP contribution in [0.1, 0.15) is 36.9 Å². The van der Waals surface area contributed by atoms with E-state index in [1.807, 2.05) is 6.92 Å². The molecular weight excluding hydrogens is 224 g/mol. The summed E-state index contributed by atoms with van der Waals surface area (Å²) in [6.45, 7) is 5.96. The Balaban J connectivity index is 1.91. The minimum atomic E-state index is 0.0834. The lowest BCUT2D eigenvalue weighted by Gasteiger charge is -2.24. The summed E-state index contributed by atoms with van der Waals surface area (Å²) in [6.07, 6.45) is 2.09. The molecule has 1 aliphatic heterocycles. The number of carbonyl (C=O) groups is 1. The Hall–Kier alpha value is -1.35. The highest BCUT2D eigenvalue weighted by atomic mass is 16.1. The van der Waals surface area contributed by atoms with Gasteiger partial charge in [-0.25, -0.2) is 0 Å². The molecule has 3 nitrogen and oxygen atoms in total. The number of hydrogen-bond donors (Lipinski definition) is 2. The highest BCUT2D eigenvalue weighted by molar-refractivity contribution is 5.79. The van der Waals surface area contributed by atoms with Crippen molar-refractivity contribution < 1.29 is 4.79 Å². The Morgan fingerprint density at radius 2 is 2.11 bits per heavy atom. The van der Waals surface area contributed by atoms with Gasteiger partial charge >= 0.3 is 0 Å². The maximum atomic E-state index is 12.1. The van der Waals surface area contributed by atoms with Crippen LogP contribution in [-0.2, 0) is 4.79 Å². The fourth-order valence-corrected chi connectivity index (χ4v) is 2.35. The molecular formula is C15H22N2O. The van der Waals surface area contributed by atoms with E-state index in [1.165, 1.54) is 5.56 Å². The SMILES string of the molecule is Cc1ccc([C@H](C)NC(=O)[C@@H]2CCCNC2)cc1. The van der Waals surface area contributed by atoms with E-state index in [0.29, 0.717) is 0 Å². The first-order chi connectivity index (χ1) is 8.66. The Kier molecular flexibility index (Phi) is 4.37. The van der Waals surface area contributed by atoms with E-state index in [-0.39, 0.29) is 17.9 Å². The molecule has 1 aromatic rings. The molecule has 1 aliphatic rings. The zero-order valence-corrected chi connectivity index (χ0v) is 11.2. The molecule has 0 aromatic heterocycles. The maximum absolute atomic E-state index is 12.1. The number of benzene rings is 1. The third-order valence-corrected chi connectivity index (χ3v) is 3.60. The van der Waals surface area contributed by atoms with E-state index in [1.54, 1.807) is 0 Å². The molecule has 0 saturated carbocycles. The van der Waals surface area contributed by atoms with E-state index >= 15 is 0 Å². The van der Waals surface area contributed by atoms with E-state index in [4.69, 9.17) is 0 Å². The predicted octanol–water partition coefficient (Wildman–Crippen LogP) is 2.17. The van der Waals surface area contributed by atoms with Crippen LogP contribution in [0.15, 0.2) is 24.3 Å². The van der Waals surface area contributed by atoms with Crippen LogP contribution >= 0.6 is 0 Å². The first-order valence-electron chi connectivity index (χ1n) is 6.74. The Morgan fingerprint density at radius 3 is 2.72 bits per heavy atom. The number of amides is 1. The van der Waals surface area contributed by atoms with Crippen LogP contribution in [0.3, 0.4) is 0 Å². The van der Waals surface area contributed by atoms with Gasteiger partial charge in [-0.15, -0.1) is 0 Å². The number of rotatable bonds is 3. The van der Waals surface area contributed by atoms with Crippen molar-refractivity contribution >= 4 is 5.91 Å². The van der Waals surface area contributed by atoms with Crippen molar-refractivity contribution in [3.63, 3.8) is 0 Å². The molecule has 2 N–H and O–H groups in total. The van der Waals surface area contributed by atoms with Crippen molar-refractivity contribution in [3.05, 3.63) is 35.4 Å². The second-order valence-corrected chi connectivity index (χ2v) is 5.18. The maximum Gasteiger partial charge on any atom is 0.224 e. The highest BCUT2D eigenvalue weighted by Gasteiger charge is 2.22. The molecule has 1 aromatic carbocycles. The molecule has 1 saturated heterocycles. The van der Waals surface area contributed by atoms with Gasteiger partial charge in [0.25, 0.3) is 0 Å². The molecule has 1 heterocycles. The summed E-state index contributed by atoms with van der Waals surface area (Å²) in [5.41, 5.74) is 2.41. The summed E-state index contributed by atoms with van der Waals surface area (Å²) in [6, 6.07) is 8.42. The van der Waals surface area contributed by atoms with Crippen LogP contribution in [0.25, 0.3) is 0 Å². The summed E-state index contributed by atoms with van der Waals surface area (Å²) < 4.78 is 0. The fourth-order valence-electron chi connectivity index (χ4n) is 2.35. The van der Waals surface area contributed by atoms with Crippen molar-refractivity contribution in [3.8, 4) is 0 Å². The number of carbonyl (C=O) groups excluding carboxylic acids is 1. The lowest BCUT2D eigenvalue weighted by atomic mass is 9.98. The summed E-state index contributed by atoms with van der Waals surface area (Å²) >= 11 is 0. The van der Waals surface area contributed by atoms with Crippen LogP contribution in [0.4, 0.5) is 0 Å². The van der Waals surface area contributed by atoms with Gasteiger partial charge in [0.2, 0.25) is 5.91 Å². The summed E-state index contributed by atoms with van der Waals surface area (Å²) in [7, 11) is 0. The molecule has 18 heavy (non-hydrogen) atoms. The largest absolute Gasteiger partial charge is 0.349 e. The smallest absolute Gasteiger partial charge is 0.224 e. The Morgan fingerprint density at radius 1 is 1.39 bits per heavy atom. The van der Waals surface area contributed by atoms with Gasteiger partial charge in [0, 0.05) is 6.54 Å². The standard InChI is InChI=1S/C15H22N2O/c1-11-5-7-13(8-6-11)12(2)17-15(18)14-4-3-9-16-10-14/h5-8,12,14,16H,3-4,9-10H2,1-2H3,(H,17,18)/t12-,14+/m0/s1.